The van der Waals surface area contributed by atoms with E-state index in [0.29, 0.717) is 11.3 Å². The maximum Gasteiger partial charge on any atom is 0.328 e. The highest BCUT2D eigenvalue weighted by Crippen LogP contribution is 2.20. The molecule has 2 rings (SSSR count). The Morgan fingerprint density at radius 3 is 2.85 bits per heavy atom. The first-order valence-corrected chi connectivity index (χ1v) is 5.88. The lowest BCUT2D eigenvalue weighted by molar-refractivity contribution is -0.131. The predicted octanol–water partition coefficient (Wildman–Crippen LogP) is 2.90. The predicted molar refractivity (Wildman–Crippen MR) is 71.6 cm³/mol. The lowest BCUT2D eigenvalue weighted by Crippen LogP contribution is -1.99. The zero-order valence-corrected chi connectivity index (χ0v) is 10.5. The minimum Gasteiger partial charge on any atom is -0.484 e. The third-order valence-corrected chi connectivity index (χ3v) is 2.48. The van der Waals surface area contributed by atoms with E-state index in [2.05, 4.69) is 4.98 Å². The maximum absolute atomic E-state index is 13.8. The molecule has 0 aliphatic carbocycles. The van der Waals surface area contributed by atoms with E-state index in [4.69, 9.17) is 9.84 Å². The van der Waals surface area contributed by atoms with E-state index >= 15 is 0 Å². The number of hydrogen-bond acceptors (Lipinski definition) is 3. The average molecular weight is 273 g/mol. The minimum absolute atomic E-state index is 0.100. The van der Waals surface area contributed by atoms with Gasteiger partial charge in [0.25, 0.3) is 0 Å². The van der Waals surface area contributed by atoms with Crippen LogP contribution in [0.2, 0.25) is 0 Å². The highest BCUT2D eigenvalue weighted by molar-refractivity contribution is 5.85. The summed E-state index contributed by atoms with van der Waals surface area (Å²) in [6, 6.07) is 9.64. The van der Waals surface area contributed by atoms with Gasteiger partial charge in [-0.1, -0.05) is 12.1 Å². The van der Waals surface area contributed by atoms with Crippen LogP contribution in [0, 0.1) is 5.82 Å². The van der Waals surface area contributed by atoms with Crippen molar-refractivity contribution in [3.8, 4) is 5.75 Å². The van der Waals surface area contributed by atoms with E-state index in [1.807, 2.05) is 6.07 Å². The third kappa shape index (κ3) is 3.91. The van der Waals surface area contributed by atoms with Crippen LogP contribution >= 0.6 is 0 Å². The molecular formula is C15H12FNO3. The first-order valence-electron chi connectivity index (χ1n) is 5.88. The van der Waals surface area contributed by atoms with E-state index in [0.717, 1.165) is 6.08 Å². The Labute approximate surface area is 115 Å². The summed E-state index contributed by atoms with van der Waals surface area (Å²) in [7, 11) is 0. The molecule has 1 aromatic heterocycles. The number of carbonyl (C=O) groups is 1. The van der Waals surface area contributed by atoms with E-state index in [9.17, 15) is 9.18 Å². The molecule has 1 heterocycles. The van der Waals surface area contributed by atoms with Crippen molar-refractivity contribution in [2.24, 2.45) is 0 Å². The summed E-state index contributed by atoms with van der Waals surface area (Å²) in [5.41, 5.74) is 1.15. The topological polar surface area (TPSA) is 59.4 Å². The Balaban J connectivity index is 2.04. The van der Waals surface area contributed by atoms with Gasteiger partial charge in [0, 0.05) is 12.3 Å². The smallest absolute Gasteiger partial charge is 0.328 e. The highest BCUT2D eigenvalue weighted by atomic mass is 19.1. The fourth-order valence-electron chi connectivity index (χ4n) is 1.54. The van der Waals surface area contributed by atoms with Crippen LogP contribution < -0.4 is 4.74 Å². The summed E-state index contributed by atoms with van der Waals surface area (Å²) in [5.74, 6) is -1.53. The number of nitrogens with zero attached hydrogens (tertiary/aromatic N) is 1. The van der Waals surface area contributed by atoms with E-state index in [1.165, 1.54) is 18.2 Å². The molecule has 0 saturated carbocycles. The van der Waals surface area contributed by atoms with Gasteiger partial charge in [0.15, 0.2) is 11.6 Å². The third-order valence-electron chi connectivity index (χ3n) is 2.48. The van der Waals surface area contributed by atoms with Crippen molar-refractivity contribution >= 4 is 12.0 Å². The molecule has 0 bridgehead atoms. The van der Waals surface area contributed by atoms with Crippen molar-refractivity contribution in [3.63, 3.8) is 0 Å². The molecule has 2 aromatic rings. The number of carboxylic acid groups (broad SMARTS) is 1. The van der Waals surface area contributed by atoms with Gasteiger partial charge < -0.3 is 9.84 Å². The van der Waals surface area contributed by atoms with Crippen LogP contribution in [0.3, 0.4) is 0 Å². The van der Waals surface area contributed by atoms with Crippen LogP contribution in [-0.4, -0.2) is 16.1 Å². The summed E-state index contributed by atoms with van der Waals surface area (Å²) in [6.45, 7) is 0.169. The van der Waals surface area contributed by atoms with E-state index < -0.39 is 11.8 Å². The molecular weight excluding hydrogens is 261 g/mol. The number of hydrogen-bond donors (Lipinski definition) is 1. The zero-order valence-electron chi connectivity index (χ0n) is 10.5. The van der Waals surface area contributed by atoms with Crippen LogP contribution in [-0.2, 0) is 11.4 Å². The Hall–Kier alpha value is -2.69. The number of ether oxygens (including phenoxy) is 1. The van der Waals surface area contributed by atoms with E-state index in [-0.39, 0.29) is 12.4 Å². The monoisotopic (exact) mass is 273 g/mol. The van der Waals surface area contributed by atoms with Gasteiger partial charge in [-0.05, 0) is 35.9 Å². The second-order valence-electron chi connectivity index (χ2n) is 3.97. The Morgan fingerprint density at radius 1 is 1.35 bits per heavy atom. The average Bonchev–Trinajstić information content (AvgIpc) is 2.45. The van der Waals surface area contributed by atoms with Crippen LogP contribution in [0.25, 0.3) is 6.08 Å². The molecule has 0 amide bonds. The summed E-state index contributed by atoms with van der Waals surface area (Å²) < 4.78 is 19.1. The largest absolute Gasteiger partial charge is 0.484 e. The second kappa shape index (κ2) is 6.47. The first-order chi connectivity index (χ1) is 9.65. The normalized spacial score (nSPS) is 10.7. The molecule has 4 nitrogen and oxygen atoms in total. The lowest BCUT2D eigenvalue weighted by atomic mass is 10.2. The first kappa shape index (κ1) is 13.7. The molecule has 0 aliphatic heterocycles. The quantitative estimate of drug-likeness (QED) is 0.851. The molecule has 5 heteroatoms. The van der Waals surface area contributed by atoms with Gasteiger partial charge >= 0.3 is 5.97 Å². The van der Waals surface area contributed by atoms with Crippen molar-refractivity contribution in [1.82, 2.24) is 4.98 Å². The molecule has 0 radical (unpaired) electrons. The molecule has 0 unspecified atom stereocenters. The van der Waals surface area contributed by atoms with Crippen LogP contribution in [0.4, 0.5) is 4.39 Å². The summed E-state index contributed by atoms with van der Waals surface area (Å²) in [5, 5.41) is 8.50. The second-order valence-corrected chi connectivity index (χ2v) is 3.97. The number of halogens is 1. The lowest BCUT2D eigenvalue weighted by Gasteiger charge is -2.07. The van der Waals surface area contributed by atoms with Gasteiger partial charge in [0.2, 0.25) is 0 Å². The van der Waals surface area contributed by atoms with Crippen molar-refractivity contribution in [1.29, 1.82) is 0 Å². The van der Waals surface area contributed by atoms with Crippen molar-refractivity contribution in [3.05, 3.63) is 65.7 Å². The minimum atomic E-state index is -1.08. The molecule has 0 saturated heterocycles. The zero-order chi connectivity index (χ0) is 14.4. The summed E-state index contributed by atoms with van der Waals surface area (Å²) in [4.78, 5) is 14.4. The van der Waals surface area contributed by atoms with Crippen LogP contribution in [0.15, 0.2) is 48.7 Å². The summed E-state index contributed by atoms with van der Waals surface area (Å²) in [6.07, 6.45) is 3.89. The Morgan fingerprint density at radius 2 is 2.20 bits per heavy atom. The Kier molecular flexibility index (Phi) is 4.44. The van der Waals surface area contributed by atoms with Gasteiger partial charge in [-0.25, -0.2) is 9.18 Å². The van der Waals surface area contributed by atoms with Crippen molar-refractivity contribution < 1.29 is 19.0 Å². The fourth-order valence-corrected chi connectivity index (χ4v) is 1.54. The maximum atomic E-state index is 13.8. The number of aromatic nitrogens is 1. The van der Waals surface area contributed by atoms with Gasteiger partial charge in [0.05, 0.1) is 5.69 Å². The van der Waals surface area contributed by atoms with Crippen molar-refractivity contribution in [2.75, 3.05) is 0 Å². The molecule has 0 aliphatic rings. The molecule has 1 aromatic carbocycles. The standard InChI is InChI=1S/C15H12FNO3/c16-13-9-11(5-7-15(18)19)4-6-14(13)20-10-12-3-1-2-8-17-12/h1-9H,10H2,(H,18,19)/b7-5+. The number of aliphatic carboxylic acids is 1. The molecule has 102 valence electrons. The molecule has 20 heavy (non-hydrogen) atoms. The number of rotatable bonds is 5. The number of benzene rings is 1. The highest BCUT2D eigenvalue weighted by Gasteiger charge is 2.04. The van der Waals surface area contributed by atoms with Gasteiger partial charge in [-0.3, -0.25) is 4.98 Å². The van der Waals surface area contributed by atoms with Gasteiger partial charge in [0.1, 0.15) is 6.61 Å². The van der Waals surface area contributed by atoms with Gasteiger partial charge in [-0.15, -0.1) is 0 Å². The fraction of sp³-hybridized carbons (Fsp3) is 0.0667. The van der Waals surface area contributed by atoms with E-state index in [1.54, 1.807) is 24.4 Å². The van der Waals surface area contributed by atoms with Crippen LogP contribution in [0.5, 0.6) is 5.75 Å². The molecule has 0 spiro atoms. The van der Waals surface area contributed by atoms with Crippen LogP contribution in [0.1, 0.15) is 11.3 Å². The van der Waals surface area contributed by atoms with Crippen molar-refractivity contribution in [2.45, 2.75) is 6.61 Å². The number of carboxylic acids is 1. The number of pyridine rings is 1. The van der Waals surface area contributed by atoms with Gasteiger partial charge in [-0.2, -0.15) is 0 Å². The molecule has 0 atom stereocenters. The molecule has 0 fully saturated rings. The summed E-state index contributed by atoms with van der Waals surface area (Å²) >= 11 is 0. The Bertz CT molecular complexity index is 626. The SMILES string of the molecule is O=C(O)/C=C/c1ccc(OCc2ccccn2)c(F)c1. The molecule has 1 N–H and O–H groups in total.